The van der Waals surface area contributed by atoms with Gasteiger partial charge in [0, 0.05) is 16.7 Å². The molecule has 0 aromatic rings. The molecule has 12 heteroatoms. The van der Waals surface area contributed by atoms with Crippen molar-refractivity contribution in [2.75, 3.05) is 19.8 Å². The van der Waals surface area contributed by atoms with Gasteiger partial charge in [0.2, 0.25) is 5.78 Å². The first-order chi connectivity index (χ1) is 18.5. The number of rotatable bonds is 7. The third-order valence-corrected chi connectivity index (χ3v) is 9.85. The van der Waals surface area contributed by atoms with Gasteiger partial charge in [-0.05, 0) is 63.7 Å². The number of aliphatic carboxylic acids is 1. The van der Waals surface area contributed by atoms with Crippen LogP contribution in [0.25, 0.3) is 0 Å². The molecule has 10 nitrogen and oxygen atoms in total. The molecule has 220 valence electrons. The standard InChI is InChI=1S/C28H34F2O10/c1-24(2)39-21-9-15-16-8-18(29)17-7-14(31)5-6-25(17,3)27(16,30)19(32)10-26(15,4)28(21,40-24)20(33)11-38-23(36)13-37-12-22(34)35/h5-7,15-16,18-19,21,32H,8-13H2,1-4H3,(H,34,35)/t15?,16?,18-,19-,21+,25?,26?,27-,28?/m0/s1. The molecule has 9 atom stereocenters. The molecule has 0 aromatic carbocycles. The molecule has 2 N–H and O–H groups in total. The Morgan fingerprint density at radius 3 is 2.48 bits per heavy atom. The molecule has 0 aromatic heterocycles. The van der Waals surface area contributed by atoms with E-state index in [9.17, 15) is 24.3 Å². The van der Waals surface area contributed by atoms with Crippen LogP contribution in [0, 0.1) is 22.7 Å². The second-order valence-corrected chi connectivity index (χ2v) is 12.4. The quantitative estimate of drug-likeness (QED) is 0.438. The number of halogens is 2. The molecule has 3 saturated carbocycles. The van der Waals surface area contributed by atoms with E-state index in [2.05, 4.69) is 0 Å². The molecule has 4 fully saturated rings. The Labute approximate surface area is 229 Å². The minimum atomic E-state index is -2.34. The lowest BCUT2D eigenvalue weighted by Crippen LogP contribution is -2.71. The summed E-state index contributed by atoms with van der Waals surface area (Å²) >= 11 is 0. The molecule has 0 spiro atoms. The van der Waals surface area contributed by atoms with Gasteiger partial charge in [-0.3, -0.25) is 9.59 Å². The van der Waals surface area contributed by atoms with Crippen LogP contribution in [-0.2, 0) is 38.1 Å². The molecule has 0 amide bonds. The second-order valence-electron chi connectivity index (χ2n) is 12.4. The molecule has 0 radical (unpaired) electrons. The van der Waals surface area contributed by atoms with Crippen LogP contribution in [0.5, 0.6) is 0 Å². The number of aliphatic hydroxyl groups excluding tert-OH is 1. The van der Waals surface area contributed by atoms with Gasteiger partial charge in [-0.2, -0.15) is 0 Å². The number of fused-ring (bicyclic) bond motifs is 7. The molecule has 1 saturated heterocycles. The number of allylic oxidation sites excluding steroid dienone is 4. The fourth-order valence-corrected chi connectivity index (χ4v) is 8.32. The second kappa shape index (κ2) is 9.23. The molecular weight excluding hydrogens is 534 g/mol. The van der Waals surface area contributed by atoms with Gasteiger partial charge < -0.3 is 29.2 Å². The van der Waals surface area contributed by atoms with Gasteiger partial charge in [0.15, 0.2) is 29.4 Å². The largest absolute Gasteiger partial charge is 0.480 e. The van der Waals surface area contributed by atoms with E-state index in [0.29, 0.717) is 0 Å². The van der Waals surface area contributed by atoms with Gasteiger partial charge in [-0.15, -0.1) is 0 Å². The van der Waals surface area contributed by atoms with Crippen molar-refractivity contribution in [2.24, 2.45) is 22.7 Å². The normalized spacial score (nSPS) is 44.6. The summed E-state index contributed by atoms with van der Waals surface area (Å²) in [5.74, 6) is -6.30. The number of carboxylic acid groups (broad SMARTS) is 1. The summed E-state index contributed by atoms with van der Waals surface area (Å²) in [5.41, 5.74) is -6.90. The third kappa shape index (κ3) is 3.86. The van der Waals surface area contributed by atoms with E-state index in [1.165, 1.54) is 19.1 Å². The minimum absolute atomic E-state index is 0.00366. The topological polar surface area (TPSA) is 146 Å². The first-order valence-corrected chi connectivity index (χ1v) is 13.3. The number of ketones is 2. The van der Waals surface area contributed by atoms with Crippen molar-refractivity contribution in [3.8, 4) is 0 Å². The van der Waals surface area contributed by atoms with Gasteiger partial charge in [-0.25, -0.2) is 18.4 Å². The van der Waals surface area contributed by atoms with E-state index >= 15 is 8.78 Å². The van der Waals surface area contributed by atoms with E-state index in [1.54, 1.807) is 20.8 Å². The predicted octanol–water partition coefficient (Wildman–Crippen LogP) is 2.02. The Balaban J connectivity index is 1.48. The fraction of sp³-hybridized carbons (Fsp3) is 0.714. The lowest BCUT2D eigenvalue weighted by atomic mass is 9.44. The van der Waals surface area contributed by atoms with Crippen molar-refractivity contribution >= 4 is 23.5 Å². The minimum Gasteiger partial charge on any atom is -0.480 e. The Bertz CT molecular complexity index is 1210. The highest BCUT2D eigenvalue weighted by Gasteiger charge is 2.80. The number of alkyl halides is 2. The first-order valence-electron chi connectivity index (χ1n) is 13.3. The SMILES string of the molecule is CC1(C)O[C@@H]2CC3C4C[C@H](F)C5=CC(=O)C=CC5(C)[C@@]4(F)[C@@H](O)CC3(C)C2(C(=O)COC(=O)COCC(=O)O)O1. The van der Waals surface area contributed by atoms with Gasteiger partial charge in [0.05, 0.1) is 12.2 Å². The maximum Gasteiger partial charge on any atom is 0.332 e. The van der Waals surface area contributed by atoms with E-state index in [0.717, 1.165) is 6.08 Å². The molecule has 1 aliphatic heterocycles. The van der Waals surface area contributed by atoms with Gasteiger partial charge in [0.25, 0.3) is 0 Å². The Kier molecular flexibility index (Phi) is 6.69. The van der Waals surface area contributed by atoms with Crippen molar-refractivity contribution in [1.29, 1.82) is 0 Å². The van der Waals surface area contributed by atoms with E-state index in [1.807, 2.05) is 0 Å². The number of carboxylic acids is 1. The summed E-state index contributed by atoms with van der Waals surface area (Å²) in [7, 11) is 0. The molecule has 4 aliphatic carbocycles. The van der Waals surface area contributed by atoms with Crippen LogP contribution in [0.1, 0.15) is 47.0 Å². The number of hydrogen-bond donors (Lipinski definition) is 2. The van der Waals surface area contributed by atoms with Gasteiger partial charge >= 0.3 is 11.9 Å². The lowest BCUT2D eigenvalue weighted by molar-refractivity contribution is -0.249. The summed E-state index contributed by atoms with van der Waals surface area (Å²) in [6.45, 7) is 4.25. The van der Waals surface area contributed by atoms with Crippen molar-refractivity contribution in [2.45, 2.75) is 82.4 Å². The summed E-state index contributed by atoms with van der Waals surface area (Å²) in [6.07, 6.45) is -0.940. The summed E-state index contributed by atoms with van der Waals surface area (Å²) < 4.78 is 55.3. The number of hydrogen-bond acceptors (Lipinski definition) is 9. The summed E-state index contributed by atoms with van der Waals surface area (Å²) in [6, 6.07) is 0. The lowest BCUT2D eigenvalue weighted by Gasteiger charge is -2.63. The van der Waals surface area contributed by atoms with Crippen LogP contribution in [0.2, 0.25) is 0 Å². The molecule has 1 heterocycles. The third-order valence-electron chi connectivity index (χ3n) is 9.85. The van der Waals surface area contributed by atoms with E-state index < -0.39 is 101 Å². The highest BCUT2D eigenvalue weighted by atomic mass is 19.1. The van der Waals surface area contributed by atoms with E-state index in [-0.39, 0.29) is 24.8 Å². The Morgan fingerprint density at radius 1 is 1.10 bits per heavy atom. The molecular formula is C28H34F2O10. The maximum atomic E-state index is 17.4. The highest BCUT2D eigenvalue weighted by Crippen LogP contribution is 2.72. The number of aliphatic hydroxyl groups is 1. The van der Waals surface area contributed by atoms with Crippen molar-refractivity contribution < 1.29 is 57.1 Å². The average Bonchev–Trinajstić information content (AvgIpc) is 3.26. The van der Waals surface area contributed by atoms with Crippen LogP contribution >= 0.6 is 0 Å². The summed E-state index contributed by atoms with van der Waals surface area (Å²) in [5, 5.41) is 20.2. The molecule has 5 unspecified atom stereocenters. The number of carbonyl (C=O) groups is 4. The molecule has 5 aliphatic rings. The zero-order valence-electron chi connectivity index (χ0n) is 22.8. The zero-order valence-corrected chi connectivity index (χ0v) is 22.8. The number of ether oxygens (including phenoxy) is 4. The van der Waals surface area contributed by atoms with Crippen LogP contribution in [0.15, 0.2) is 23.8 Å². The van der Waals surface area contributed by atoms with Gasteiger partial charge in [-0.1, -0.05) is 13.0 Å². The predicted molar refractivity (Wildman–Crippen MR) is 131 cm³/mol. The Hall–Kier alpha value is -2.54. The van der Waals surface area contributed by atoms with Crippen LogP contribution in [0.4, 0.5) is 8.78 Å². The van der Waals surface area contributed by atoms with E-state index in [4.69, 9.17) is 24.1 Å². The molecule has 40 heavy (non-hydrogen) atoms. The average molecular weight is 569 g/mol. The number of Topliss-reactive ketones (excluding diaryl/α,β-unsaturated/α-hetero) is 1. The van der Waals surface area contributed by atoms with Crippen molar-refractivity contribution in [3.63, 3.8) is 0 Å². The Morgan fingerprint density at radius 2 is 1.80 bits per heavy atom. The smallest absolute Gasteiger partial charge is 0.332 e. The fourth-order valence-electron chi connectivity index (χ4n) is 8.32. The van der Waals surface area contributed by atoms with Crippen molar-refractivity contribution in [1.82, 2.24) is 0 Å². The van der Waals surface area contributed by atoms with Crippen molar-refractivity contribution in [3.05, 3.63) is 23.8 Å². The zero-order chi connectivity index (χ0) is 29.5. The van der Waals surface area contributed by atoms with Crippen LogP contribution in [-0.4, -0.2) is 89.0 Å². The first kappa shape index (κ1) is 29.0. The maximum absolute atomic E-state index is 17.4. The molecule has 5 rings (SSSR count). The van der Waals surface area contributed by atoms with Crippen LogP contribution in [0.3, 0.4) is 0 Å². The monoisotopic (exact) mass is 568 g/mol. The number of esters is 1. The highest BCUT2D eigenvalue weighted by molar-refractivity contribution is 6.01. The molecule has 0 bridgehead atoms. The van der Waals surface area contributed by atoms with Gasteiger partial charge in [0.1, 0.15) is 19.4 Å². The number of carbonyl (C=O) groups excluding carboxylic acids is 3. The summed E-state index contributed by atoms with van der Waals surface area (Å²) in [4.78, 5) is 48.6. The van der Waals surface area contributed by atoms with Crippen LogP contribution < -0.4 is 0 Å².